The number of thioether (sulfide) groups is 1. The third kappa shape index (κ3) is 4.91. The van der Waals surface area contributed by atoms with Gasteiger partial charge in [0, 0.05) is 35.4 Å². The molecule has 0 fully saturated rings. The van der Waals surface area contributed by atoms with Gasteiger partial charge in [0.05, 0.1) is 17.2 Å². The van der Waals surface area contributed by atoms with Gasteiger partial charge in [-0.1, -0.05) is 59.8 Å². The number of rotatable bonds is 7. The molecule has 0 saturated heterocycles. The van der Waals surface area contributed by atoms with Gasteiger partial charge in [-0.3, -0.25) is 14.7 Å². The van der Waals surface area contributed by atoms with Crippen LogP contribution in [-0.2, 0) is 23.5 Å². The van der Waals surface area contributed by atoms with Crippen molar-refractivity contribution in [1.82, 2.24) is 14.8 Å². The molecule has 0 amide bonds. The summed E-state index contributed by atoms with van der Waals surface area (Å²) in [5, 5.41) is 21.2. The average Bonchev–Trinajstić information content (AvgIpc) is 3.25. The van der Waals surface area contributed by atoms with Crippen LogP contribution in [0.4, 0.5) is 5.69 Å². The first kappa shape index (κ1) is 23.1. The minimum absolute atomic E-state index is 0.0223. The number of aryl methyl sites for hydroxylation is 2. The smallest absolute Gasteiger partial charge is 0.270 e. The van der Waals surface area contributed by atoms with Crippen LogP contribution in [0.5, 0.6) is 5.75 Å². The zero-order valence-electron chi connectivity index (χ0n) is 19.4. The normalized spacial score (nSPS) is 12.7. The molecule has 1 aromatic heterocycles. The molecule has 5 rings (SSSR count). The molecule has 0 N–H and O–H groups in total. The lowest BCUT2D eigenvalue weighted by molar-refractivity contribution is -0.385. The molecule has 0 aliphatic carbocycles. The third-order valence-electron chi connectivity index (χ3n) is 5.84. The summed E-state index contributed by atoms with van der Waals surface area (Å²) in [5.41, 5.74) is 5.90. The summed E-state index contributed by atoms with van der Waals surface area (Å²) in [5.74, 6) is 1.92. The van der Waals surface area contributed by atoms with Crippen molar-refractivity contribution < 1.29 is 14.4 Å². The molecule has 4 aromatic rings. The van der Waals surface area contributed by atoms with E-state index in [0.717, 1.165) is 33.4 Å². The summed E-state index contributed by atoms with van der Waals surface area (Å²) in [4.78, 5) is 11.1. The molecule has 1 aliphatic rings. The van der Waals surface area contributed by atoms with Gasteiger partial charge < -0.3 is 9.47 Å². The number of non-ortho nitro benzene ring substituents is 1. The number of aromatic nitrogens is 3. The van der Waals surface area contributed by atoms with Gasteiger partial charge >= 0.3 is 0 Å². The number of hydrogen-bond acceptors (Lipinski definition) is 7. The molecule has 178 valence electrons. The average molecular weight is 489 g/mol. The van der Waals surface area contributed by atoms with Gasteiger partial charge in [-0.05, 0) is 31.0 Å². The fourth-order valence-electron chi connectivity index (χ4n) is 4.22. The first-order chi connectivity index (χ1) is 17.0. The quantitative estimate of drug-likeness (QED) is 0.191. The molecule has 0 unspecified atom stereocenters. The topological polar surface area (TPSA) is 92.3 Å². The van der Waals surface area contributed by atoms with E-state index in [0.29, 0.717) is 23.5 Å². The maximum atomic E-state index is 11.5. The van der Waals surface area contributed by atoms with E-state index in [4.69, 9.17) is 9.47 Å². The van der Waals surface area contributed by atoms with Crippen molar-refractivity contribution in [2.24, 2.45) is 0 Å². The van der Waals surface area contributed by atoms with Crippen LogP contribution >= 0.6 is 11.8 Å². The summed E-state index contributed by atoms with van der Waals surface area (Å²) in [6.45, 7) is 4.56. The van der Waals surface area contributed by atoms with Crippen molar-refractivity contribution in [3.05, 3.63) is 104 Å². The molecule has 35 heavy (non-hydrogen) atoms. The summed E-state index contributed by atoms with van der Waals surface area (Å²) < 4.78 is 13.1. The number of nitro benzene ring substituents is 1. The molecule has 0 bridgehead atoms. The zero-order valence-corrected chi connectivity index (χ0v) is 20.2. The van der Waals surface area contributed by atoms with Gasteiger partial charge in [-0.2, -0.15) is 0 Å². The minimum Gasteiger partial charge on any atom is -0.467 e. The molecule has 9 heteroatoms. The minimum atomic E-state index is -0.390. The lowest BCUT2D eigenvalue weighted by Gasteiger charge is -2.20. The Labute approximate surface area is 207 Å². The van der Waals surface area contributed by atoms with Crippen molar-refractivity contribution >= 4 is 17.4 Å². The number of benzene rings is 3. The van der Waals surface area contributed by atoms with Crippen molar-refractivity contribution in [2.75, 3.05) is 6.79 Å². The molecule has 0 radical (unpaired) electrons. The Hall–Kier alpha value is -3.69. The second-order valence-electron chi connectivity index (χ2n) is 8.44. The highest BCUT2D eigenvalue weighted by Gasteiger charge is 2.23. The van der Waals surface area contributed by atoms with Crippen molar-refractivity contribution in [3.8, 4) is 11.4 Å². The van der Waals surface area contributed by atoms with Crippen LogP contribution in [0, 0.1) is 24.0 Å². The van der Waals surface area contributed by atoms with E-state index in [2.05, 4.69) is 58.9 Å². The highest BCUT2D eigenvalue weighted by molar-refractivity contribution is 7.98. The predicted molar refractivity (Wildman–Crippen MR) is 133 cm³/mol. The van der Waals surface area contributed by atoms with E-state index < -0.39 is 0 Å². The summed E-state index contributed by atoms with van der Waals surface area (Å²) >= 11 is 1.48. The van der Waals surface area contributed by atoms with E-state index in [1.165, 1.54) is 23.4 Å². The SMILES string of the molecule is Cc1ccc(-n2c(Cc3ccccc3)nnc2SCc2cc([N+](=O)[O-])cc3c2OCOC3)c(C)c1. The molecule has 0 atom stereocenters. The first-order valence-corrected chi connectivity index (χ1v) is 12.2. The van der Waals surface area contributed by atoms with Crippen molar-refractivity contribution in [1.29, 1.82) is 0 Å². The second kappa shape index (κ2) is 9.89. The van der Waals surface area contributed by atoms with Crippen LogP contribution in [-0.4, -0.2) is 26.5 Å². The maximum Gasteiger partial charge on any atom is 0.270 e. The van der Waals surface area contributed by atoms with E-state index in [9.17, 15) is 10.1 Å². The second-order valence-corrected chi connectivity index (χ2v) is 9.38. The number of nitrogens with zero attached hydrogens (tertiary/aromatic N) is 4. The van der Waals surface area contributed by atoms with Crippen LogP contribution in [0.25, 0.3) is 5.69 Å². The van der Waals surface area contributed by atoms with E-state index in [-0.39, 0.29) is 24.0 Å². The lowest BCUT2D eigenvalue weighted by Crippen LogP contribution is -2.13. The first-order valence-electron chi connectivity index (χ1n) is 11.2. The van der Waals surface area contributed by atoms with Crippen molar-refractivity contribution in [2.45, 2.75) is 37.8 Å². The van der Waals surface area contributed by atoms with Gasteiger partial charge in [0.2, 0.25) is 0 Å². The number of hydrogen-bond donors (Lipinski definition) is 0. The molecule has 1 aliphatic heterocycles. The van der Waals surface area contributed by atoms with Crippen LogP contribution in [0.3, 0.4) is 0 Å². The Morgan fingerprint density at radius 3 is 2.69 bits per heavy atom. The van der Waals surface area contributed by atoms with Crippen molar-refractivity contribution in [3.63, 3.8) is 0 Å². The molecule has 0 spiro atoms. The van der Waals surface area contributed by atoms with Gasteiger partial charge in [0.15, 0.2) is 11.9 Å². The molecule has 0 saturated carbocycles. The van der Waals surface area contributed by atoms with E-state index in [1.807, 2.05) is 18.2 Å². The third-order valence-corrected chi connectivity index (χ3v) is 6.82. The Balaban J connectivity index is 1.52. The van der Waals surface area contributed by atoms with Crippen LogP contribution in [0.1, 0.15) is 33.6 Å². The number of ether oxygens (including phenoxy) is 2. The standard InChI is InChI=1S/C26H24N4O4S/c1-17-8-9-23(18(2)10-17)29-24(11-19-6-4-3-5-7-19)27-28-26(29)35-15-21-13-22(30(31)32)12-20-14-33-16-34-25(20)21/h3-10,12-13H,11,14-16H2,1-2H3. The summed E-state index contributed by atoms with van der Waals surface area (Å²) in [6, 6.07) is 19.5. The molecular weight excluding hydrogens is 464 g/mol. The highest BCUT2D eigenvalue weighted by Crippen LogP contribution is 2.37. The van der Waals surface area contributed by atoms with Crippen LogP contribution < -0.4 is 4.74 Å². The number of nitro groups is 1. The predicted octanol–water partition coefficient (Wildman–Crippen LogP) is 5.54. The Bertz CT molecular complexity index is 1390. The Morgan fingerprint density at radius 1 is 1.09 bits per heavy atom. The van der Waals surface area contributed by atoms with Crippen LogP contribution in [0.15, 0.2) is 65.8 Å². The van der Waals surface area contributed by atoms with Gasteiger partial charge in [0.25, 0.3) is 5.69 Å². The van der Waals surface area contributed by atoms with E-state index in [1.54, 1.807) is 6.07 Å². The van der Waals surface area contributed by atoms with Gasteiger partial charge in [-0.15, -0.1) is 10.2 Å². The molecule has 8 nitrogen and oxygen atoms in total. The monoisotopic (exact) mass is 488 g/mol. The van der Waals surface area contributed by atoms with E-state index >= 15 is 0 Å². The molecular formula is C26H24N4O4S. The highest BCUT2D eigenvalue weighted by atomic mass is 32.2. The fourth-order valence-corrected chi connectivity index (χ4v) is 5.15. The maximum absolute atomic E-state index is 11.5. The van der Waals surface area contributed by atoms with Gasteiger partial charge in [0.1, 0.15) is 11.6 Å². The largest absolute Gasteiger partial charge is 0.467 e. The summed E-state index contributed by atoms with van der Waals surface area (Å²) in [6.07, 6.45) is 0.633. The Morgan fingerprint density at radius 2 is 1.91 bits per heavy atom. The summed E-state index contributed by atoms with van der Waals surface area (Å²) in [7, 11) is 0. The van der Waals surface area contributed by atoms with Gasteiger partial charge in [-0.25, -0.2) is 0 Å². The molecule has 2 heterocycles. The molecule has 3 aromatic carbocycles. The lowest BCUT2D eigenvalue weighted by atomic mass is 10.1. The Kier molecular flexibility index (Phi) is 6.52. The fraction of sp³-hybridized carbons (Fsp3) is 0.231. The van der Waals surface area contributed by atoms with Crippen LogP contribution in [0.2, 0.25) is 0 Å². The zero-order chi connectivity index (χ0) is 24.4. The number of fused-ring (bicyclic) bond motifs is 1.